The number of nitrogens with one attached hydrogen (secondary N) is 3. The SMILES string of the molecule is O=C(Nc1ccc(NC(=O)c2ccco2)cc1)c1cc2ccc(Br)cc2[nH]1. The zero-order valence-corrected chi connectivity index (χ0v) is 15.5. The first-order valence-electron chi connectivity index (χ1n) is 8.13. The first-order valence-corrected chi connectivity index (χ1v) is 8.92. The molecule has 0 saturated carbocycles. The molecule has 2 aromatic heterocycles. The Morgan fingerprint density at radius 3 is 2.26 bits per heavy atom. The molecule has 0 unspecified atom stereocenters. The van der Waals surface area contributed by atoms with Crippen molar-refractivity contribution >= 4 is 50.0 Å². The topological polar surface area (TPSA) is 87.1 Å². The number of furan rings is 1. The number of hydrogen-bond donors (Lipinski definition) is 3. The predicted octanol–water partition coefficient (Wildman–Crippen LogP) is 5.03. The van der Waals surface area contributed by atoms with Crippen molar-refractivity contribution < 1.29 is 14.0 Å². The third-order valence-electron chi connectivity index (χ3n) is 3.97. The van der Waals surface area contributed by atoms with E-state index in [2.05, 4.69) is 31.5 Å². The number of anilines is 2. The Labute approximate surface area is 162 Å². The second-order valence-electron chi connectivity index (χ2n) is 5.88. The van der Waals surface area contributed by atoms with Gasteiger partial charge in [-0.2, -0.15) is 0 Å². The van der Waals surface area contributed by atoms with Crippen molar-refractivity contribution in [2.75, 3.05) is 10.6 Å². The number of aromatic nitrogens is 1. The van der Waals surface area contributed by atoms with Crippen molar-refractivity contribution in [3.05, 3.63) is 82.9 Å². The summed E-state index contributed by atoms with van der Waals surface area (Å²) in [5.74, 6) is -0.339. The smallest absolute Gasteiger partial charge is 0.291 e. The zero-order chi connectivity index (χ0) is 18.8. The average molecular weight is 424 g/mol. The van der Waals surface area contributed by atoms with Crippen LogP contribution in [0.5, 0.6) is 0 Å². The number of carbonyl (C=O) groups is 2. The van der Waals surface area contributed by atoms with Gasteiger partial charge in [0, 0.05) is 26.8 Å². The maximum atomic E-state index is 12.5. The van der Waals surface area contributed by atoms with Gasteiger partial charge in [0.2, 0.25) is 0 Å². The standard InChI is InChI=1S/C20H14BrN3O3/c21-13-4-3-12-10-17(24-16(12)11-13)19(25)22-14-5-7-15(8-6-14)23-20(26)18-2-1-9-27-18/h1-11,24H,(H,22,25)(H,23,26). The number of rotatable bonds is 4. The third-order valence-corrected chi connectivity index (χ3v) is 4.47. The van der Waals surface area contributed by atoms with Crippen LogP contribution in [0.25, 0.3) is 10.9 Å². The number of hydrogen-bond acceptors (Lipinski definition) is 3. The van der Waals surface area contributed by atoms with E-state index < -0.39 is 0 Å². The summed E-state index contributed by atoms with van der Waals surface area (Å²) in [6.07, 6.45) is 1.44. The molecule has 6 nitrogen and oxygen atoms in total. The van der Waals surface area contributed by atoms with Crippen LogP contribution in [-0.4, -0.2) is 16.8 Å². The molecule has 2 amide bonds. The van der Waals surface area contributed by atoms with Crippen LogP contribution in [0.3, 0.4) is 0 Å². The Morgan fingerprint density at radius 1 is 0.889 bits per heavy atom. The molecule has 0 atom stereocenters. The van der Waals surface area contributed by atoms with Gasteiger partial charge in [-0.3, -0.25) is 9.59 Å². The Kier molecular flexibility index (Phi) is 4.52. The number of H-pyrrole nitrogens is 1. The van der Waals surface area contributed by atoms with Gasteiger partial charge in [-0.25, -0.2) is 0 Å². The molecule has 2 heterocycles. The maximum Gasteiger partial charge on any atom is 0.291 e. The normalized spacial score (nSPS) is 10.7. The molecule has 4 aromatic rings. The highest BCUT2D eigenvalue weighted by atomic mass is 79.9. The number of benzene rings is 2. The summed E-state index contributed by atoms with van der Waals surface area (Å²) in [6, 6.07) is 17.7. The molecular formula is C20H14BrN3O3. The van der Waals surface area contributed by atoms with E-state index >= 15 is 0 Å². The number of aromatic amines is 1. The van der Waals surface area contributed by atoms with Crippen molar-refractivity contribution in [1.82, 2.24) is 4.98 Å². The minimum Gasteiger partial charge on any atom is -0.459 e. The van der Waals surface area contributed by atoms with Crippen LogP contribution >= 0.6 is 15.9 Å². The van der Waals surface area contributed by atoms with Gasteiger partial charge in [-0.15, -0.1) is 0 Å². The fourth-order valence-corrected chi connectivity index (χ4v) is 3.02. The Morgan fingerprint density at radius 2 is 1.59 bits per heavy atom. The van der Waals surface area contributed by atoms with Gasteiger partial charge in [0.05, 0.1) is 6.26 Å². The molecule has 0 radical (unpaired) electrons. The van der Waals surface area contributed by atoms with Crippen molar-refractivity contribution in [1.29, 1.82) is 0 Å². The lowest BCUT2D eigenvalue weighted by atomic mass is 10.2. The highest BCUT2D eigenvalue weighted by molar-refractivity contribution is 9.10. The molecular weight excluding hydrogens is 410 g/mol. The molecule has 7 heteroatoms. The molecule has 4 rings (SSSR count). The summed E-state index contributed by atoms with van der Waals surface area (Å²) in [5, 5.41) is 6.51. The number of halogens is 1. The molecule has 3 N–H and O–H groups in total. The lowest BCUT2D eigenvalue weighted by Crippen LogP contribution is -2.13. The van der Waals surface area contributed by atoms with Gasteiger partial charge in [0.1, 0.15) is 5.69 Å². The summed E-state index contributed by atoms with van der Waals surface area (Å²) < 4.78 is 5.99. The molecule has 0 aliphatic heterocycles. The quantitative estimate of drug-likeness (QED) is 0.430. The van der Waals surface area contributed by atoms with Crippen LogP contribution in [0.15, 0.2) is 75.8 Å². The van der Waals surface area contributed by atoms with Crippen LogP contribution in [0.4, 0.5) is 11.4 Å². The lowest BCUT2D eigenvalue weighted by molar-refractivity contribution is 0.0994. The Bertz CT molecular complexity index is 1120. The summed E-state index contributed by atoms with van der Waals surface area (Å²) in [7, 11) is 0. The fourth-order valence-electron chi connectivity index (χ4n) is 2.66. The summed E-state index contributed by atoms with van der Waals surface area (Å²) in [5.41, 5.74) is 2.57. The third kappa shape index (κ3) is 3.78. The number of fused-ring (bicyclic) bond motifs is 1. The van der Waals surface area contributed by atoms with Crippen molar-refractivity contribution in [3.63, 3.8) is 0 Å². The zero-order valence-electron chi connectivity index (χ0n) is 14.0. The van der Waals surface area contributed by atoms with Gasteiger partial charge in [-0.05, 0) is 54.6 Å². The van der Waals surface area contributed by atoms with E-state index in [9.17, 15) is 9.59 Å². The van der Waals surface area contributed by atoms with E-state index in [4.69, 9.17) is 4.42 Å². The summed E-state index contributed by atoms with van der Waals surface area (Å²) in [6.45, 7) is 0. The number of amides is 2. The van der Waals surface area contributed by atoms with Crippen molar-refractivity contribution in [2.24, 2.45) is 0 Å². The Balaban J connectivity index is 1.44. The van der Waals surface area contributed by atoms with Gasteiger partial charge in [-0.1, -0.05) is 22.0 Å². The highest BCUT2D eigenvalue weighted by Gasteiger charge is 2.11. The van der Waals surface area contributed by atoms with Crippen LogP contribution in [0.2, 0.25) is 0 Å². The Hall–Kier alpha value is -3.32. The highest BCUT2D eigenvalue weighted by Crippen LogP contribution is 2.21. The molecule has 0 saturated heterocycles. The van der Waals surface area contributed by atoms with Gasteiger partial charge in [0.15, 0.2) is 5.76 Å². The molecule has 0 fully saturated rings. The minimum absolute atomic E-state index is 0.234. The second-order valence-corrected chi connectivity index (χ2v) is 6.79. The molecule has 0 aliphatic rings. The van der Waals surface area contributed by atoms with Gasteiger partial charge < -0.3 is 20.0 Å². The average Bonchev–Trinajstić information content (AvgIpc) is 3.32. The predicted molar refractivity (Wildman–Crippen MR) is 107 cm³/mol. The molecule has 0 bridgehead atoms. The first kappa shape index (κ1) is 17.1. The molecule has 2 aromatic carbocycles. The van der Waals surface area contributed by atoms with E-state index in [1.165, 1.54) is 6.26 Å². The summed E-state index contributed by atoms with van der Waals surface area (Å²) in [4.78, 5) is 27.5. The van der Waals surface area contributed by atoms with Crippen molar-refractivity contribution in [3.8, 4) is 0 Å². The van der Waals surface area contributed by atoms with Crippen LogP contribution in [0.1, 0.15) is 21.0 Å². The first-order chi connectivity index (χ1) is 13.1. The monoisotopic (exact) mass is 423 g/mol. The van der Waals surface area contributed by atoms with E-state index in [0.717, 1.165) is 15.4 Å². The van der Waals surface area contributed by atoms with Crippen molar-refractivity contribution in [2.45, 2.75) is 0 Å². The molecule has 27 heavy (non-hydrogen) atoms. The summed E-state index contributed by atoms with van der Waals surface area (Å²) >= 11 is 3.41. The fraction of sp³-hybridized carbons (Fsp3) is 0. The molecule has 0 spiro atoms. The maximum absolute atomic E-state index is 12.5. The van der Waals surface area contributed by atoms with E-state index in [1.807, 2.05) is 18.2 Å². The van der Waals surface area contributed by atoms with Crippen LogP contribution < -0.4 is 10.6 Å². The minimum atomic E-state index is -0.332. The molecule has 134 valence electrons. The van der Waals surface area contributed by atoms with E-state index in [0.29, 0.717) is 17.1 Å². The second kappa shape index (κ2) is 7.13. The van der Waals surface area contributed by atoms with Gasteiger partial charge >= 0.3 is 0 Å². The van der Waals surface area contributed by atoms with Crippen LogP contribution in [-0.2, 0) is 0 Å². The number of carbonyl (C=O) groups excluding carboxylic acids is 2. The largest absolute Gasteiger partial charge is 0.459 e. The van der Waals surface area contributed by atoms with E-state index in [-0.39, 0.29) is 17.6 Å². The van der Waals surface area contributed by atoms with E-state index in [1.54, 1.807) is 42.5 Å². The van der Waals surface area contributed by atoms with Crippen LogP contribution in [0, 0.1) is 0 Å². The van der Waals surface area contributed by atoms with Gasteiger partial charge in [0.25, 0.3) is 11.8 Å². The molecule has 0 aliphatic carbocycles. The lowest BCUT2D eigenvalue weighted by Gasteiger charge is -2.06.